The van der Waals surface area contributed by atoms with Gasteiger partial charge in [0, 0.05) is 29.1 Å². The first-order chi connectivity index (χ1) is 18.9. The summed E-state index contributed by atoms with van der Waals surface area (Å²) < 4.78 is 35.2. The lowest BCUT2D eigenvalue weighted by Crippen LogP contribution is -2.13. The third-order valence-corrected chi connectivity index (χ3v) is 7.67. The number of ether oxygens (including phenoxy) is 2. The first-order valence-corrected chi connectivity index (χ1v) is 14.6. The van der Waals surface area contributed by atoms with Crippen LogP contribution in [0.15, 0.2) is 73.1 Å². The Morgan fingerprint density at radius 3 is 2.23 bits per heavy atom. The number of rotatable bonds is 14. The Kier molecular flexibility index (Phi) is 9.65. The van der Waals surface area contributed by atoms with Crippen LogP contribution in [0.5, 0.6) is 17.2 Å². The number of carbonyl (C=O) groups is 1. The number of ketones is 1. The summed E-state index contributed by atoms with van der Waals surface area (Å²) in [6.07, 6.45) is 1.15. The van der Waals surface area contributed by atoms with Crippen molar-refractivity contribution in [3.05, 3.63) is 78.6 Å². The summed E-state index contributed by atoms with van der Waals surface area (Å²) >= 11 is 0. The lowest BCUT2D eigenvalue weighted by Gasteiger charge is -2.17. The van der Waals surface area contributed by atoms with E-state index in [-0.39, 0.29) is 31.6 Å². The van der Waals surface area contributed by atoms with Crippen LogP contribution in [0.25, 0.3) is 10.9 Å². The number of hydrogen-bond donors (Lipinski definition) is 1. The molecule has 0 saturated heterocycles. The highest BCUT2D eigenvalue weighted by Crippen LogP contribution is 2.48. The Hall–Kier alpha value is -3.78. The van der Waals surface area contributed by atoms with Crippen molar-refractivity contribution in [2.75, 3.05) is 31.3 Å². The van der Waals surface area contributed by atoms with Gasteiger partial charge >= 0.3 is 7.60 Å². The summed E-state index contributed by atoms with van der Waals surface area (Å²) in [4.78, 5) is 21.8. The smallest absolute Gasteiger partial charge is 0.338 e. The van der Waals surface area contributed by atoms with Crippen molar-refractivity contribution in [3.63, 3.8) is 0 Å². The van der Waals surface area contributed by atoms with Crippen LogP contribution in [0.2, 0.25) is 0 Å². The lowest BCUT2D eigenvalue weighted by molar-refractivity contribution is -0.116. The molecule has 0 bridgehead atoms. The third kappa shape index (κ3) is 7.63. The summed E-state index contributed by atoms with van der Waals surface area (Å²) in [5.41, 5.74) is 2.10. The number of nitrogens with zero attached hydrogens (tertiary/aromatic N) is 2. The van der Waals surface area contributed by atoms with Crippen LogP contribution in [0, 0.1) is 0 Å². The van der Waals surface area contributed by atoms with Crippen LogP contribution in [0.1, 0.15) is 26.3 Å². The Bertz CT molecular complexity index is 1440. The molecule has 39 heavy (non-hydrogen) atoms. The molecule has 0 radical (unpaired) electrons. The van der Waals surface area contributed by atoms with Gasteiger partial charge in [0.05, 0.1) is 25.3 Å². The average Bonchev–Trinajstić information content (AvgIpc) is 2.91. The molecule has 0 spiro atoms. The number of carbonyl (C=O) groups excluding carboxylic acids is 1. The number of fused-ring (bicyclic) bond motifs is 1. The van der Waals surface area contributed by atoms with Gasteiger partial charge in [0.2, 0.25) is 0 Å². The molecule has 1 N–H and O–H groups in total. The highest BCUT2D eigenvalue weighted by atomic mass is 31.2. The Labute approximate surface area is 228 Å². The zero-order chi connectivity index (χ0) is 27.7. The van der Waals surface area contributed by atoms with Gasteiger partial charge in [0.1, 0.15) is 41.3 Å². The lowest BCUT2D eigenvalue weighted by atomic mass is 10.0. The number of aromatic nitrogens is 2. The van der Waals surface area contributed by atoms with Gasteiger partial charge in [-0.05, 0) is 63.2 Å². The van der Waals surface area contributed by atoms with Crippen molar-refractivity contribution in [1.29, 1.82) is 0 Å². The van der Waals surface area contributed by atoms with Gasteiger partial charge in [0.15, 0.2) is 0 Å². The normalized spacial score (nSPS) is 11.4. The van der Waals surface area contributed by atoms with Crippen LogP contribution in [0.4, 0.5) is 11.5 Å². The van der Waals surface area contributed by atoms with Crippen LogP contribution < -0.4 is 14.8 Å². The molecule has 0 aliphatic rings. The minimum absolute atomic E-state index is 0.00469. The summed E-state index contributed by atoms with van der Waals surface area (Å²) in [5.74, 6) is 2.29. The number of nitrogens with one attached hydrogen (secondary N) is 1. The third-order valence-electron chi connectivity index (χ3n) is 5.62. The summed E-state index contributed by atoms with van der Waals surface area (Å²) in [6.45, 7) is 6.09. The van der Waals surface area contributed by atoms with E-state index in [0.717, 1.165) is 11.4 Å². The summed E-state index contributed by atoms with van der Waals surface area (Å²) in [6, 6.07) is 20.7. The fourth-order valence-corrected chi connectivity index (χ4v) is 5.62. The molecule has 0 atom stereocenters. The first-order valence-electron chi connectivity index (χ1n) is 12.8. The predicted octanol–water partition coefficient (Wildman–Crippen LogP) is 6.94. The Morgan fingerprint density at radius 2 is 1.56 bits per heavy atom. The van der Waals surface area contributed by atoms with E-state index in [1.54, 1.807) is 19.9 Å². The second-order valence-corrected chi connectivity index (χ2v) is 10.6. The van der Waals surface area contributed by atoms with E-state index in [1.807, 2.05) is 67.6 Å². The van der Waals surface area contributed by atoms with Gasteiger partial charge < -0.3 is 23.8 Å². The standard InChI is InChI=1S/C29H32N3O6P/c1-4-35-28-18-27-26(17-21(28)16-23(33)19-39(34,36-5-2)37-6-3)29(31-20-30-27)32-22-12-14-25(15-13-22)38-24-10-8-7-9-11-24/h7-15,17-18,20H,4-6,16,19H2,1-3H3,(H,30,31,32). The van der Waals surface area contributed by atoms with E-state index >= 15 is 0 Å². The van der Waals surface area contributed by atoms with Crippen LogP contribution >= 0.6 is 7.60 Å². The van der Waals surface area contributed by atoms with Crippen LogP contribution in [-0.2, 0) is 24.8 Å². The van der Waals surface area contributed by atoms with E-state index in [2.05, 4.69) is 15.3 Å². The molecule has 0 amide bonds. The topological polar surface area (TPSA) is 109 Å². The minimum atomic E-state index is -3.51. The zero-order valence-electron chi connectivity index (χ0n) is 22.3. The van der Waals surface area contributed by atoms with E-state index in [4.69, 9.17) is 18.5 Å². The maximum Gasteiger partial charge on any atom is 0.338 e. The molecular weight excluding hydrogens is 517 g/mol. The number of para-hydroxylation sites is 1. The second-order valence-electron chi connectivity index (χ2n) is 8.52. The molecule has 10 heteroatoms. The van der Waals surface area contributed by atoms with Crippen LogP contribution in [-0.4, -0.2) is 41.7 Å². The molecule has 4 aromatic rings. The van der Waals surface area contributed by atoms with Gasteiger partial charge in [-0.1, -0.05) is 18.2 Å². The van der Waals surface area contributed by atoms with E-state index in [9.17, 15) is 9.36 Å². The molecule has 3 aromatic carbocycles. The molecule has 0 aliphatic carbocycles. The fraction of sp³-hybridized carbons (Fsp3) is 0.276. The molecule has 9 nitrogen and oxygen atoms in total. The number of Topliss-reactive ketones (excluding diaryl/α,β-unsaturated/α-hetero) is 1. The first kappa shape index (κ1) is 28.2. The van der Waals surface area contributed by atoms with E-state index in [1.165, 1.54) is 6.33 Å². The molecule has 204 valence electrons. The molecule has 0 aliphatic heterocycles. The average molecular weight is 550 g/mol. The highest BCUT2D eigenvalue weighted by molar-refractivity contribution is 7.54. The van der Waals surface area contributed by atoms with Gasteiger partial charge in [-0.15, -0.1) is 0 Å². The molecule has 0 fully saturated rings. The maximum absolute atomic E-state index is 13.0. The quantitative estimate of drug-likeness (QED) is 0.167. The van der Waals surface area contributed by atoms with E-state index < -0.39 is 7.60 Å². The van der Waals surface area contributed by atoms with Gasteiger partial charge in [-0.2, -0.15) is 0 Å². The van der Waals surface area contributed by atoms with Gasteiger partial charge in [-0.25, -0.2) is 9.97 Å². The monoisotopic (exact) mass is 549 g/mol. The SMILES string of the molecule is CCOc1cc2ncnc(Nc3ccc(Oc4ccccc4)cc3)c2cc1CC(=O)CP(=O)(OCC)OCC. The van der Waals surface area contributed by atoms with Crippen molar-refractivity contribution in [1.82, 2.24) is 9.97 Å². The molecule has 0 unspecified atom stereocenters. The Morgan fingerprint density at radius 1 is 0.872 bits per heavy atom. The molecule has 1 aromatic heterocycles. The molecule has 1 heterocycles. The minimum Gasteiger partial charge on any atom is -0.494 e. The molecule has 0 saturated carbocycles. The van der Waals surface area contributed by atoms with Gasteiger partial charge in [0.25, 0.3) is 0 Å². The maximum atomic E-state index is 13.0. The van der Waals surface area contributed by atoms with Crippen LogP contribution in [0.3, 0.4) is 0 Å². The largest absolute Gasteiger partial charge is 0.494 e. The second kappa shape index (κ2) is 13.3. The number of benzene rings is 3. The molecule has 4 rings (SSSR count). The molecular formula is C29H32N3O6P. The number of hydrogen-bond acceptors (Lipinski definition) is 9. The van der Waals surface area contributed by atoms with Crippen molar-refractivity contribution in [2.24, 2.45) is 0 Å². The number of anilines is 2. The summed E-state index contributed by atoms with van der Waals surface area (Å²) in [7, 11) is -3.51. The van der Waals surface area contributed by atoms with E-state index in [0.29, 0.717) is 40.4 Å². The van der Waals surface area contributed by atoms with Crippen molar-refractivity contribution in [2.45, 2.75) is 27.2 Å². The zero-order valence-corrected chi connectivity index (χ0v) is 23.1. The Balaban J connectivity index is 1.57. The van der Waals surface area contributed by atoms with Crippen molar-refractivity contribution in [3.8, 4) is 17.2 Å². The van der Waals surface area contributed by atoms with Crippen molar-refractivity contribution < 1.29 is 27.9 Å². The fourth-order valence-electron chi connectivity index (χ4n) is 4.03. The summed E-state index contributed by atoms with van der Waals surface area (Å²) in [5, 5.41) is 4.04. The predicted molar refractivity (Wildman–Crippen MR) is 151 cm³/mol. The van der Waals surface area contributed by atoms with Crippen molar-refractivity contribution >= 4 is 35.8 Å². The highest BCUT2D eigenvalue weighted by Gasteiger charge is 2.28. The van der Waals surface area contributed by atoms with Gasteiger partial charge in [-0.3, -0.25) is 9.36 Å².